The highest BCUT2D eigenvalue weighted by molar-refractivity contribution is 7.10. The maximum absolute atomic E-state index is 12.8. The van der Waals surface area contributed by atoms with E-state index in [-0.39, 0.29) is 11.6 Å². The molecule has 0 saturated carbocycles. The van der Waals surface area contributed by atoms with Crippen LogP contribution in [0.5, 0.6) is 0 Å². The molecule has 1 aromatic carbocycles. The molecule has 1 saturated heterocycles. The van der Waals surface area contributed by atoms with Gasteiger partial charge in [0.1, 0.15) is 5.69 Å². The fraction of sp³-hybridized carbons (Fsp3) is 0.353. The molecule has 0 spiro atoms. The quantitative estimate of drug-likeness (QED) is 0.582. The van der Waals surface area contributed by atoms with Gasteiger partial charge in [-0.1, -0.05) is 6.07 Å². The molecule has 3 rings (SSSR count). The number of nitrogens with zero attached hydrogens (tertiary/aromatic N) is 3. The molecule has 2 aromatic rings. The van der Waals surface area contributed by atoms with Gasteiger partial charge in [0.05, 0.1) is 16.9 Å². The van der Waals surface area contributed by atoms with Crippen LogP contribution in [0.25, 0.3) is 0 Å². The number of alkyl halides is 3. The number of anilines is 1. The van der Waals surface area contributed by atoms with Crippen LogP contribution in [-0.2, 0) is 17.4 Å². The van der Waals surface area contributed by atoms with Gasteiger partial charge in [0.15, 0.2) is 0 Å². The van der Waals surface area contributed by atoms with Crippen molar-refractivity contribution < 1.29 is 22.9 Å². The number of thiophene rings is 1. The van der Waals surface area contributed by atoms with Crippen molar-refractivity contribution in [1.82, 2.24) is 4.90 Å². The molecule has 144 valence electrons. The highest BCUT2D eigenvalue weighted by atomic mass is 32.1. The van der Waals surface area contributed by atoms with Gasteiger partial charge in [0.2, 0.25) is 5.91 Å². The van der Waals surface area contributed by atoms with Gasteiger partial charge in [0, 0.05) is 37.1 Å². The van der Waals surface area contributed by atoms with Crippen LogP contribution >= 0.6 is 11.3 Å². The lowest BCUT2D eigenvalue weighted by Crippen LogP contribution is -2.49. The topological polar surface area (TPSA) is 66.7 Å². The van der Waals surface area contributed by atoms with E-state index in [1.807, 2.05) is 17.5 Å². The molecule has 0 N–H and O–H groups in total. The Hall–Kier alpha value is -2.62. The van der Waals surface area contributed by atoms with Gasteiger partial charge in [-0.05, 0) is 23.6 Å². The van der Waals surface area contributed by atoms with Crippen LogP contribution < -0.4 is 4.90 Å². The van der Waals surface area contributed by atoms with Gasteiger partial charge in [-0.2, -0.15) is 13.2 Å². The van der Waals surface area contributed by atoms with E-state index in [0.717, 1.165) is 17.0 Å². The van der Waals surface area contributed by atoms with E-state index < -0.39 is 22.4 Å². The molecule has 1 amide bonds. The summed E-state index contributed by atoms with van der Waals surface area (Å²) in [5.74, 6) is -0.0287. The van der Waals surface area contributed by atoms with Crippen molar-refractivity contribution in [3.8, 4) is 0 Å². The molecule has 10 heteroatoms. The van der Waals surface area contributed by atoms with Gasteiger partial charge >= 0.3 is 6.18 Å². The minimum absolute atomic E-state index is 0.0287. The molecule has 0 unspecified atom stereocenters. The predicted molar refractivity (Wildman–Crippen MR) is 94.9 cm³/mol. The summed E-state index contributed by atoms with van der Waals surface area (Å²) < 4.78 is 38.5. The fourth-order valence-corrected chi connectivity index (χ4v) is 3.68. The maximum atomic E-state index is 12.8. The Morgan fingerprint density at radius 3 is 2.44 bits per heavy atom. The number of benzene rings is 1. The van der Waals surface area contributed by atoms with E-state index in [4.69, 9.17) is 0 Å². The minimum Gasteiger partial charge on any atom is -0.362 e. The van der Waals surface area contributed by atoms with Crippen molar-refractivity contribution in [1.29, 1.82) is 0 Å². The van der Waals surface area contributed by atoms with Crippen LogP contribution in [0.4, 0.5) is 24.5 Å². The summed E-state index contributed by atoms with van der Waals surface area (Å²) in [5, 5.41) is 13.1. The Bertz CT molecular complexity index is 832. The first-order valence-corrected chi connectivity index (χ1v) is 9.04. The smallest absolute Gasteiger partial charge is 0.362 e. The van der Waals surface area contributed by atoms with Gasteiger partial charge in [0.25, 0.3) is 5.69 Å². The number of nitro groups is 1. The zero-order valence-corrected chi connectivity index (χ0v) is 14.9. The zero-order valence-electron chi connectivity index (χ0n) is 14.1. The summed E-state index contributed by atoms with van der Waals surface area (Å²) >= 11 is 1.50. The highest BCUT2D eigenvalue weighted by Crippen LogP contribution is 2.36. The number of nitro benzene ring substituents is 1. The molecule has 6 nitrogen and oxygen atoms in total. The van der Waals surface area contributed by atoms with Crippen LogP contribution in [0.3, 0.4) is 0 Å². The normalized spacial score (nSPS) is 15.1. The number of halogens is 3. The Labute approximate surface area is 157 Å². The van der Waals surface area contributed by atoms with Crippen molar-refractivity contribution >= 4 is 28.6 Å². The highest BCUT2D eigenvalue weighted by Gasteiger charge is 2.34. The molecule has 1 aliphatic heterocycles. The molecule has 2 heterocycles. The Balaban J connectivity index is 1.70. The van der Waals surface area contributed by atoms with Crippen molar-refractivity contribution in [2.45, 2.75) is 12.6 Å². The Morgan fingerprint density at radius 2 is 1.89 bits per heavy atom. The second-order valence-corrected chi connectivity index (χ2v) is 7.11. The standard InChI is InChI=1S/C17H16F3N3O3S/c18-17(19,20)12-3-4-14(15(10-12)23(25)26)21-5-7-22(8-6-21)16(24)11-13-2-1-9-27-13/h1-4,9-10H,5-8,11H2. The summed E-state index contributed by atoms with van der Waals surface area (Å²) in [6.07, 6.45) is -4.34. The fourth-order valence-electron chi connectivity index (χ4n) is 2.98. The lowest BCUT2D eigenvalue weighted by Gasteiger charge is -2.36. The van der Waals surface area contributed by atoms with E-state index in [1.54, 1.807) is 9.80 Å². The monoisotopic (exact) mass is 399 g/mol. The van der Waals surface area contributed by atoms with Crippen LogP contribution in [0, 0.1) is 10.1 Å². The first-order valence-electron chi connectivity index (χ1n) is 8.16. The van der Waals surface area contributed by atoms with Crippen molar-refractivity contribution in [2.24, 2.45) is 0 Å². The largest absolute Gasteiger partial charge is 0.416 e. The molecule has 1 aliphatic rings. The summed E-state index contributed by atoms with van der Waals surface area (Å²) in [5.41, 5.74) is -1.50. The number of piperazine rings is 1. The Kier molecular flexibility index (Phi) is 5.36. The number of hydrogen-bond acceptors (Lipinski definition) is 5. The maximum Gasteiger partial charge on any atom is 0.416 e. The molecular formula is C17H16F3N3O3S. The third-order valence-corrected chi connectivity index (χ3v) is 5.25. The van der Waals surface area contributed by atoms with E-state index in [2.05, 4.69) is 0 Å². The van der Waals surface area contributed by atoms with Gasteiger partial charge < -0.3 is 9.80 Å². The molecular weight excluding hydrogens is 383 g/mol. The van der Waals surface area contributed by atoms with Crippen molar-refractivity contribution in [2.75, 3.05) is 31.1 Å². The van der Waals surface area contributed by atoms with E-state index in [0.29, 0.717) is 38.7 Å². The number of amides is 1. The number of hydrogen-bond donors (Lipinski definition) is 0. The number of carbonyl (C=O) groups excluding carboxylic acids is 1. The third kappa shape index (κ3) is 4.38. The molecule has 0 bridgehead atoms. The first kappa shape index (κ1) is 19.2. The molecule has 27 heavy (non-hydrogen) atoms. The summed E-state index contributed by atoms with van der Waals surface area (Å²) in [6, 6.07) is 6.28. The van der Waals surface area contributed by atoms with Gasteiger partial charge in [-0.15, -0.1) is 11.3 Å². The van der Waals surface area contributed by atoms with Gasteiger partial charge in [-0.25, -0.2) is 0 Å². The first-order chi connectivity index (χ1) is 12.8. The van der Waals surface area contributed by atoms with E-state index in [1.165, 1.54) is 11.3 Å². The average Bonchev–Trinajstić information content (AvgIpc) is 3.13. The summed E-state index contributed by atoms with van der Waals surface area (Å²) in [6.45, 7) is 1.37. The number of rotatable bonds is 4. The molecule has 0 aliphatic carbocycles. The SMILES string of the molecule is O=C(Cc1cccs1)N1CCN(c2ccc(C(F)(F)F)cc2[N+](=O)[O-])CC1. The molecule has 1 fully saturated rings. The van der Waals surface area contributed by atoms with Crippen LogP contribution in [0.15, 0.2) is 35.7 Å². The second kappa shape index (κ2) is 7.55. The third-order valence-electron chi connectivity index (χ3n) is 4.38. The summed E-state index contributed by atoms with van der Waals surface area (Å²) in [7, 11) is 0. The van der Waals surface area contributed by atoms with Gasteiger partial charge in [-0.3, -0.25) is 14.9 Å². The predicted octanol–water partition coefficient (Wildman–Crippen LogP) is 3.57. The van der Waals surface area contributed by atoms with Crippen molar-refractivity contribution in [3.63, 3.8) is 0 Å². The lowest BCUT2D eigenvalue weighted by molar-refractivity contribution is -0.384. The Morgan fingerprint density at radius 1 is 1.19 bits per heavy atom. The molecule has 0 radical (unpaired) electrons. The summed E-state index contributed by atoms with van der Waals surface area (Å²) in [4.78, 5) is 27.0. The molecule has 1 aromatic heterocycles. The van der Waals surface area contributed by atoms with Crippen LogP contribution in [0.1, 0.15) is 10.4 Å². The number of carbonyl (C=O) groups is 1. The zero-order chi connectivity index (χ0) is 19.6. The van der Waals surface area contributed by atoms with E-state index in [9.17, 15) is 28.1 Å². The van der Waals surface area contributed by atoms with E-state index >= 15 is 0 Å². The van der Waals surface area contributed by atoms with Crippen LogP contribution in [0.2, 0.25) is 0 Å². The molecule has 0 atom stereocenters. The van der Waals surface area contributed by atoms with Crippen LogP contribution in [-0.4, -0.2) is 41.9 Å². The van der Waals surface area contributed by atoms with Crippen molar-refractivity contribution in [3.05, 3.63) is 56.3 Å². The minimum atomic E-state index is -4.64. The second-order valence-electron chi connectivity index (χ2n) is 6.08. The average molecular weight is 399 g/mol. The lowest BCUT2D eigenvalue weighted by atomic mass is 10.1.